The van der Waals surface area contributed by atoms with Crippen molar-refractivity contribution in [1.82, 2.24) is 4.57 Å². The monoisotopic (exact) mass is 633 g/mol. The second-order valence-corrected chi connectivity index (χ2v) is 12.0. The molecule has 3 aromatic rings. The number of benzene rings is 2. The fourth-order valence-electron chi connectivity index (χ4n) is 4.92. The lowest BCUT2D eigenvalue weighted by atomic mass is 9.95. The molecule has 212 valence electrons. The van der Waals surface area contributed by atoms with E-state index in [2.05, 4.69) is 27.0 Å². The van der Waals surface area contributed by atoms with Crippen LogP contribution in [-0.4, -0.2) is 31.2 Å². The smallest absolute Gasteiger partial charge is 0.338 e. The van der Waals surface area contributed by atoms with Gasteiger partial charge >= 0.3 is 5.97 Å². The van der Waals surface area contributed by atoms with E-state index in [0.29, 0.717) is 33.6 Å². The van der Waals surface area contributed by atoms with E-state index in [1.807, 2.05) is 85.7 Å². The predicted octanol–water partition coefficient (Wildman–Crippen LogP) is 5.22. The number of thiazole rings is 1. The molecule has 1 aliphatic heterocycles. The van der Waals surface area contributed by atoms with Crippen molar-refractivity contribution in [2.75, 3.05) is 25.6 Å². The Hall–Kier alpha value is -3.69. The first-order chi connectivity index (χ1) is 19.8. The highest BCUT2D eigenvalue weighted by atomic mass is 79.9. The summed E-state index contributed by atoms with van der Waals surface area (Å²) in [4.78, 5) is 34.3. The number of carbonyl (C=O) groups excluding carboxylic acids is 1. The molecule has 1 aliphatic carbocycles. The molecule has 9 heteroatoms. The average molecular weight is 635 g/mol. The van der Waals surface area contributed by atoms with E-state index >= 15 is 0 Å². The lowest BCUT2D eigenvalue weighted by molar-refractivity contribution is -0.139. The van der Waals surface area contributed by atoms with Gasteiger partial charge in [-0.1, -0.05) is 81.9 Å². The van der Waals surface area contributed by atoms with Crippen LogP contribution in [0.5, 0.6) is 0 Å². The molecule has 7 nitrogen and oxygen atoms in total. The molecule has 0 saturated carbocycles. The number of aromatic nitrogens is 1. The highest BCUT2D eigenvalue weighted by molar-refractivity contribution is 9.11. The number of carbonyl (C=O) groups is 1. The highest BCUT2D eigenvalue weighted by Crippen LogP contribution is 2.32. The molecule has 2 aromatic carbocycles. The Kier molecular flexibility index (Phi) is 8.75. The predicted molar refractivity (Wildman–Crippen MR) is 166 cm³/mol. The topological polar surface area (TPSA) is 73.1 Å². The summed E-state index contributed by atoms with van der Waals surface area (Å²) in [6.45, 7) is 4.29. The van der Waals surface area contributed by atoms with Crippen LogP contribution in [0.4, 0.5) is 5.69 Å². The molecule has 0 spiro atoms. The van der Waals surface area contributed by atoms with Crippen molar-refractivity contribution in [1.29, 1.82) is 0 Å². The molecule has 0 fully saturated rings. The maximum absolute atomic E-state index is 13.9. The zero-order valence-corrected chi connectivity index (χ0v) is 25.9. The molecular formula is C32H32BrN3O4S. The van der Waals surface area contributed by atoms with Crippen LogP contribution in [0.1, 0.15) is 37.4 Å². The zero-order valence-electron chi connectivity index (χ0n) is 23.5. The highest BCUT2D eigenvalue weighted by Gasteiger charge is 2.33. The number of nitrogens with zero attached hydrogens (tertiary/aromatic N) is 3. The van der Waals surface area contributed by atoms with Gasteiger partial charge in [0.1, 0.15) is 12.4 Å². The number of hydrogen-bond donors (Lipinski definition) is 0. The summed E-state index contributed by atoms with van der Waals surface area (Å²) in [7, 11) is 3.94. The second-order valence-electron chi connectivity index (χ2n) is 10.1. The molecule has 0 saturated heterocycles. The van der Waals surface area contributed by atoms with E-state index in [1.165, 1.54) is 11.3 Å². The van der Waals surface area contributed by atoms with Crippen LogP contribution in [0.15, 0.2) is 98.0 Å². The Labute approximate surface area is 251 Å². The number of fused-ring (bicyclic) bond motifs is 1. The normalized spacial score (nSPS) is 18.7. The van der Waals surface area contributed by atoms with Gasteiger partial charge in [0.25, 0.3) is 5.56 Å². The van der Waals surface area contributed by atoms with Crippen molar-refractivity contribution in [3.63, 3.8) is 0 Å². The van der Waals surface area contributed by atoms with Crippen LogP contribution in [0.3, 0.4) is 0 Å². The van der Waals surface area contributed by atoms with Crippen LogP contribution in [-0.2, 0) is 20.9 Å². The van der Waals surface area contributed by atoms with E-state index in [9.17, 15) is 9.59 Å². The maximum atomic E-state index is 13.9. The molecule has 0 amide bonds. The number of allylic oxidation sites excluding steroid dienone is 4. The number of ether oxygens (including phenoxy) is 2. The van der Waals surface area contributed by atoms with E-state index < -0.39 is 12.0 Å². The van der Waals surface area contributed by atoms with Crippen LogP contribution in [0.2, 0.25) is 0 Å². The quantitative estimate of drug-likeness (QED) is 0.318. The van der Waals surface area contributed by atoms with Gasteiger partial charge in [0, 0.05) is 30.2 Å². The van der Waals surface area contributed by atoms with E-state index in [0.717, 1.165) is 27.1 Å². The van der Waals surface area contributed by atoms with Gasteiger partial charge in [0.15, 0.2) is 4.80 Å². The molecule has 5 rings (SSSR count). The van der Waals surface area contributed by atoms with Crippen LogP contribution >= 0.6 is 27.3 Å². The van der Waals surface area contributed by atoms with Gasteiger partial charge < -0.3 is 14.4 Å². The lowest BCUT2D eigenvalue weighted by Gasteiger charge is -2.25. The fourth-order valence-corrected chi connectivity index (χ4v) is 6.64. The third-order valence-corrected chi connectivity index (χ3v) is 8.74. The SMILES string of the molecule is CCOC(=O)C1=C(C)N=c2s/c(=C\[C@H]3C=CC(OCc4ccccc4)=C(Br)C3)c(=O)n2[C@H]1c1ccc(N(C)C)cc1. The van der Waals surface area contributed by atoms with Crippen molar-refractivity contribution in [2.45, 2.75) is 32.9 Å². The molecular weight excluding hydrogens is 602 g/mol. The van der Waals surface area contributed by atoms with Gasteiger partial charge in [0.2, 0.25) is 0 Å². The molecule has 0 bridgehead atoms. The number of halogens is 1. The average Bonchev–Trinajstić information content (AvgIpc) is 3.26. The molecule has 2 atom stereocenters. The zero-order chi connectivity index (χ0) is 29.1. The summed E-state index contributed by atoms with van der Waals surface area (Å²) < 4.78 is 14.6. The Morgan fingerprint density at radius 2 is 1.90 bits per heavy atom. The minimum atomic E-state index is -0.629. The van der Waals surface area contributed by atoms with E-state index in [4.69, 9.17) is 9.47 Å². The van der Waals surface area contributed by atoms with Gasteiger partial charge in [-0.3, -0.25) is 9.36 Å². The molecule has 0 N–H and O–H groups in total. The first-order valence-corrected chi connectivity index (χ1v) is 15.1. The van der Waals surface area contributed by atoms with Crippen molar-refractivity contribution in [3.05, 3.63) is 119 Å². The molecule has 1 aromatic heterocycles. The Morgan fingerprint density at radius 1 is 1.17 bits per heavy atom. The molecule has 0 unspecified atom stereocenters. The van der Waals surface area contributed by atoms with Crippen LogP contribution in [0, 0.1) is 5.92 Å². The largest absolute Gasteiger partial charge is 0.488 e. The van der Waals surface area contributed by atoms with Crippen LogP contribution < -0.4 is 19.8 Å². The van der Waals surface area contributed by atoms with Crippen molar-refractivity contribution >= 4 is 45.0 Å². The maximum Gasteiger partial charge on any atom is 0.338 e. The summed E-state index contributed by atoms with van der Waals surface area (Å²) in [6, 6.07) is 17.3. The number of anilines is 1. The third kappa shape index (κ3) is 6.16. The fraction of sp³-hybridized carbons (Fsp3) is 0.281. The summed E-state index contributed by atoms with van der Waals surface area (Å²) in [5.74, 6) is 0.325. The van der Waals surface area contributed by atoms with Crippen molar-refractivity contribution in [2.24, 2.45) is 10.9 Å². The van der Waals surface area contributed by atoms with Gasteiger partial charge in [-0.15, -0.1) is 0 Å². The summed E-state index contributed by atoms with van der Waals surface area (Å²) in [6.07, 6.45) is 6.65. The lowest BCUT2D eigenvalue weighted by Crippen LogP contribution is -2.40. The Balaban J connectivity index is 1.48. The van der Waals surface area contributed by atoms with Gasteiger partial charge in [-0.2, -0.15) is 0 Å². The van der Waals surface area contributed by atoms with Gasteiger partial charge in [-0.25, -0.2) is 9.79 Å². The van der Waals surface area contributed by atoms with Crippen molar-refractivity contribution in [3.8, 4) is 0 Å². The molecule has 41 heavy (non-hydrogen) atoms. The third-order valence-electron chi connectivity index (χ3n) is 7.02. The summed E-state index contributed by atoms with van der Waals surface area (Å²) in [5, 5.41) is 0. The van der Waals surface area contributed by atoms with E-state index in [-0.39, 0.29) is 18.1 Å². The molecule has 2 aliphatic rings. The Bertz CT molecular complexity index is 1720. The first kappa shape index (κ1) is 28.8. The summed E-state index contributed by atoms with van der Waals surface area (Å²) in [5.41, 5.74) is 3.70. The summed E-state index contributed by atoms with van der Waals surface area (Å²) >= 11 is 5.02. The number of rotatable bonds is 8. The minimum absolute atomic E-state index is 0.00161. The first-order valence-electron chi connectivity index (χ1n) is 13.5. The molecule has 2 heterocycles. The van der Waals surface area contributed by atoms with Gasteiger partial charge in [-0.05, 0) is 49.6 Å². The molecule has 0 radical (unpaired) electrons. The number of esters is 1. The van der Waals surface area contributed by atoms with E-state index in [1.54, 1.807) is 18.4 Å². The standard InChI is InChI=1S/C32H32BrN3O4S/c1-5-39-31(38)28-20(2)34-32-36(29(28)23-12-14-24(15-13-23)35(3)4)30(37)27(41-32)18-22-11-16-26(25(33)17-22)40-19-21-9-7-6-8-10-21/h6-16,18,22,29H,5,17,19H2,1-4H3/b27-18-/t22-,29-/m0/s1. The minimum Gasteiger partial charge on any atom is -0.488 e. The van der Waals surface area contributed by atoms with Crippen LogP contribution in [0.25, 0.3) is 6.08 Å². The van der Waals surface area contributed by atoms with Gasteiger partial charge in [0.05, 0.1) is 28.5 Å². The number of hydrogen-bond acceptors (Lipinski definition) is 7. The second kappa shape index (κ2) is 12.4. The van der Waals surface area contributed by atoms with Crippen molar-refractivity contribution < 1.29 is 14.3 Å². The Morgan fingerprint density at radius 3 is 2.56 bits per heavy atom.